The summed E-state index contributed by atoms with van der Waals surface area (Å²) < 4.78 is 183. The second-order valence-corrected chi connectivity index (χ2v) is 5.82. The molecule has 1 amide bonds. The molecule has 0 saturated carbocycles. The number of alkyl halides is 15. The first-order valence-electron chi connectivity index (χ1n) is 6.67. The van der Waals surface area contributed by atoms with E-state index in [1.165, 1.54) is 0 Å². The van der Waals surface area contributed by atoms with Crippen molar-refractivity contribution < 1.29 is 76.2 Å². The zero-order chi connectivity index (χ0) is 24.8. The summed E-state index contributed by atoms with van der Waals surface area (Å²) in [6.07, 6.45) is -1.30. The molecule has 0 aromatic heterocycles. The Morgan fingerprint density at radius 1 is 0.667 bits per heavy atom. The average Bonchev–Trinajstić information content (AvgIpc) is 2.52. The summed E-state index contributed by atoms with van der Waals surface area (Å²) in [6, 6.07) is 0. The molecule has 0 unspecified atom stereocenters. The van der Waals surface area contributed by atoms with Gasteiger partial charge in [0.15, 0.2) is 0 Å². The second kappa shape index (κ2) is 7.74. The fraction of sp³-hybridized carbons (Fsp3) is 0.818. The van der Waals surface area contributed by atoms with Crippen molar-refractivity contribution in [2.75, 3.05) is 6.54 Å². The van der Waals surface area contributed by atoms with Gasteiger partial charge in [-0.25, -0.2) is 0 Å². The van der Waals surface area contributed by atoms with Crippen molar-refractivity contribution >= 4 is 23.5 Å². The number of carboxylic acids is 1. The maximum atomic E-state index is 13.4. The third kappa shape index (κ3) is 4.05. The van der Waals surface area contributed by atoms with Gasteiger partial charge in [0, 0.05) is 6.54 Å². The number of carbonyl (C=O) groups is 2. The van der Waals surface area contributed by atoms with E-state index < -0.39 is 65.8 Å². The summed E-state index contributed by atoms with van der Waals surface area (Å²) >= 11 is 3.41. The quantitative estimate of drug-likeness (QED) is 0.348. The molecule has 0 aromatic carbocycles. The summed E-state index contributed by atoms with van der Waals surface area (Å²) in [7, 11) is 0. The smallest absolute Gasteiger partial charge is 0.393 e. The molecular weight excluding hydrogens is 496 g/mol. The molecule has 4 nitrogen and oxygen atoms in total. The Hall–Kier alpha value is -1.75. The van der Waals surface area contributed by atoms with E-state index in [0.717, 1.165) is 0 Å². The molecule has 0 aliphatic rings. The van der Waals surface area contributed by atoms with Crippen LogP contribution in [-0.2, 0) is 9.59 Å². The number of nitrogens with one attached hydrogen (secondary N) is 1. The number of hydrogen-bond donors (Lipinski definition) is 2. The van der Waals surface area contributed by atoms with Gasteiger partial charge in [-0.05, 0) is 11.6 Å². The lowest BCUT2D eigenvalue weighted by molar-refractivity contribution is -0.431. The number of amides is 1. The Morgan fingerprint density at radius 2 is 1.00 bits per heavy atom. The minimum absolute atomic E-state index is 0.572. The normalized spacial score (nSPS) is 15.2. The number of carboxylic acid groups (broad SMARTS) is 1. The summed E-state index contributed by atoms with van der Waals surface area (Å²) in [6.45, 7) is -1.48. The van der Waals surface area contributed by atoms with Crippen LogP contribution in [0.15, 0.2) is 0 Å². The first kappa shape index (κ1) is 28.2. The lowest BCUT2D eigenvalue weighted by Crippen LogP contribution is -2.73. The molecule has 0 saturated heterocycles. The van der Waals surface area contributed by atoms with E-state index in [1.54, 1.807) is 0 Å². The predicted octanol–water partition coefficient (Wildman–Crippen LogP) is 4.22. The zero-order valence-corrected chi connectivity index (χ0v) is 14.1. The van der Waals surface area contributed by atoms with Gasteiger partial charge >= 0.3 is 46.9 Å². The van der Waals surface area contributed by atoms with Crippen molar-refractivity contribution in [2.45, 2.75) is 47.3 Å². The number of carbonyl (C=O) groups excluding carboxylic acids is 1. The molecule has 0 fully saturated rings. The molecule has 0 rings (SSSR count). The molecule has 178 valence electrons. The number of rotatable bonds is 10. The van der Waals surface area contributed by atoms with Crippen molar-refractivity contribution in [3.05, 3.63) is 0 Å². The van der Waals surface area contributed by atoms with E-state index in [-0.39, 0.29) is 0 Å². The fourth-order valence-corrected chi connectivity index (χ4v) is 1.62. The van der Waals surface area contributed by atoms with Gasteiger partial charge in [0.25, 0.3) is 5.91 Å². The summed E-state index contributed by atoms with van der Waals surface area (Å²) in [4.78, 5) is 21.0. The molecule has 0 aromatic rings. The zero-order valence-electron chi connectivity index (χ0n) is 13.3. The lowest BCUT2D eigenvalue weighted by Gasteiger charge is -2.41. The molecule has 0 spiro atoms. The molecule has 0 aliphatic carbocycles. The van der Waals surface area contributed by atoms with E-state index in [4.69, 9.17) is 5.11 Å². The van der Waals surface area contributed by atoms with E-state index in [0.29, 0.717) is 5.32 Å². The molecular formula is C11H6ClF14NO3. The maximum absolute atomic E-state index is 13.4. The van der Waals surface area contributed by atoms with E-state index in [9.17, 15) is 71.1 Å². The van der Waals surface area contributed by atoms with Crippen LogP contribution in [0.25, 0.3) is 0 Å². The third-order valence-corrected chi connectivity index (χ3v) is 3.47. The van der Waals surface area contributed by atoms with Gasteiger partial charge in [-0.2, -0.15) is 61.5 Å². The molecule has 19 heteroatoms. The van der Waals surface area contributed by atoms with Gasteiger partial charge in [0.2, 0.25) is 0 Å². The Balaban J connectivity index is 6.29. The van der Waals surface area contributed by atoms with E-state index in [2.05, 4.69) is 11.6 Å². The van der Waals surface area contributed by atoms with Gasteiger partial charge in [-0.3, -0.25) is 9.59 Å². The van der Waals surface area contributed by atoms with Crippen LogP contribution in [0.5, 0.6) is 0 Å². The van der Waals surface area contributed by atoms with Crippen LogP contribution in [0, 0.1) is 0 Å². The lowest BCUT2D eigenvalue weighted by atomic mass is 9.91. The second-order valence-electron chi connectivity index (χ2n) is 5.34. The standard InChI is InChI=1S/C11H6ClF14NO3/c12-11(25,26)10(23,24)9(21,22)8(19,20)7(17,18)6(15,16)5(13,14)4(30)27-2-1-3(28)29/h1-2H2,(H,27,30)(H,28,29). The van der Waals surface area contributed by atoms with Crippen LogP contribution in [0.2, 0.25) is 0 Å². The topological polar surface area (TPSA) is 66.4 Å². The van der Waals surface area contributed by atoms with Crippen molar-refractivity contribution in [3.63, 3.8) is 0 Å². The Kier molecular flexibility index (Phi) is 7.29. The Labute approximate surface area is 160 Å². The minimum Gasteiger partial charge on any atom is -0.481 e. The number of halogens is 15. The molecule has 0 atom stereocenters. The van der Waals surface area contributed by atoms with Crippen molar-refractivity contribution in [3.8, 4) is 0 Å². The summed E-state index contributed by atoms with van der Waals surface area (Å²) in [5.74, 6) is -52.8. The monoisotopic (exact) mass is 501 g/mol. The molecule has 30 heavy (non-hydrogen) atoms. The molecule has 2 N–H and O–H groups in total. The number of hydrogen-bond acceptors (Lipinski definition) is 2. The fourth-order valence-electron chi connectivity index (χ4n) is 1.50. The average molecular weight is 502 g/mol. The first-order valence-corrected chi connectivity index (χ1v) is 7.05. The highest BCUT2D eigenvalue weighted by Crippen LogP contribution is 2.62. The largest absolute Gasteiger partial charge is 0.481 e. The third-order valence-electron chi connectivity index (χ3n) is 3.24. The highest BCUT2D eigenvalue weighted by molar-refractivity contribution is 6.22. The van der Waals surface area contributed by atoms with Gasteiger partial charge in [-0.15, -0.1) is 0 Å². The van der Waals surface area contributed by atoms with Crippen LogP contribution in [0.4, 0.5) is 61.5 Å². The minimum atomic E-state index is -8.34. The molecule has 0 bridgehead atoms. The van der Waals surface area contributed by atoms with Crippen LogP contribution < -0.4 is 5.32 Å². The van der Waals surface area contributed by atoms with Crippen molar-refractivity contribution in [2.24, 2.45) is 0 Å². The predicted molar refractivity (Wildman–Crippen MR) is 65.7 cm³/mol. The van der Waals surface area contributed by atoms with Gasteiger partial charge < -0.3 is 10.4 Å². The van der Waals surface area contributed by atoms with E-state index in [1.807, 2.05) is 0 Å². The first-order chi connectivity index (χ1) is 12.8. The van der Waals surface area contributed by atoms with Crippen molar-refractivity contribution in [1.29, 1.82) is 0 Å². The molecule has 0 radical (unpaired) electrons. The highest BCUT2D eigenvalue weighted by Gasteiger charge is 2.93. The SMILES string of the molecule is O=C(O)CCNC(=O)C(F)(F)C(F)(F)C(F)(F)C(F)(F)C(F)(F)C(F)(F)C(F)(F)Cl. The van der Waals surface area contributed by atoms with Gasteiger partial charge in [0.1, 0.15) is 0 Å². The summed E-state index contributed by atoms with van der Waals surface area (Å²) in [5, 5.41) is 1.95. The summed E-state index contributed by atoms with van der Waals surface area (Å²) in [5.41, 5.74) is 0. The van der Waals surface area contributed by atoms with Gasteiger partial charge in [-0.1, -0.05) is 0 Å². The van der Waals surface area contributed by atoms with Crippen molar-refractivity contribution in [1.82, 2.24) is 5.32 Å². The highest BCUT2D eigenvalue weighted by atomic mass is 35.5. The van der Waals surface area contributed by atoms with Crippen LogP contribution in [0.1, 0.15) is 6.42 Å². The van der Waals surface area contributed by atoms with E-state index >= 15 is 0 Å². The number of aliphatic carboxylic acids is 1. The Morgan fingerprint density at radius 3 is 1.33 bits per heavy atom. The van der Waals surface area contributed by atoms with Crippen LogP contribution in [-0.4, -0.2) is 64.4 Å². The molecule has 0 heterocycles. The Bertz CT molecular complexity index is 675. The molecule has 0 aliphatic heterocycles. The maximum Gasteiger partial charge on any atom is 0.393 e. The van der Waals surface area contributed by atoms with Crippen LogP contribution in [0.3, 0.4) is 0 Å². The van der Waals surface area contributed by atoms with Gasteiger partial charge in [0.05, 0.1) is 6.42 Å². The van der Waals surface area contributed by atoms with Crippen LogP contribution >= 0.6 is 11.6 Å².